The summed E-state index contributed by atoms with van der Waals surface area (Å²) in [4.78, 5) is 27.3. The zero-order valence-electron chi connectivity index (χ0n) is 16.1. The van der Waals surface area contributed by atoms with Crippen molar-refractivity contribution in [3.8, 4) is 0 Å². The van der Waals surface area contributed by atoms with Crippen molar-refractivity contribution in [1.82, 2.24) is 15.0 Å². The summed E-state index contributed by atoms with van der Waals surface area (Å²) in [5.74, 6) is 0.175. The van der Waals surface area contributed by atoms with Crippen LogP contribution in [-0.2, 0) is 6.42 Å². The van der Waals surface area contributed by atoms with E-state index < -0.39 is 0 Å². The molecule has 0 aliphatic carbocycles. The van der Waals surface area contributed by atoms with Crippen molar-refractivity contribution in [2.45, 2.75) is 20.3 Å². The van der Waals surface area contributed by atoms with E-state index in [9.17, 15) is 4.79 Å². The summed E-state index contributed by atoms with van der Waals surface area (Å²) >= 11 is 6.29. The second-order valence-electron chi connectivity index (χ2n) is 6.66. The van der Waals surface area contributed by atoms with Crippen molar-refractivity contribution in [2.75, 3.05) is 23.8 Å². The fourth-order valence-electron chi connectivity index (χ4n) is 2.86. The smallest absolute Gasteiger partial charge is 0.274 e. The van der Waals surface area contributed by atoms with Crippen LogP contribution in [0.1, 0.15) is 27.2 Å². The molecule has 7 heteroatoms. The molecule has 0 aliphatic rings. The topological polar surface area (TPSA) is 71.0 Å². The molecule has 2 heterocycles. The molecule has 0 unspecified atom stereocenters. The van der Waals surface area contributed by atoms with Crippen LogP contribution in [0.4, 0.5) is 11.6 Å². The Morgan fingerprint density at radius 1 is 1.14 bits per heavy atom. The lowest BCUT2D eigenvalue weighted by molar-refractivity contribution is 0.102. The number of likely N-dealkylation sites (N-methyl/N-ethyl adjacent to an activating group) is 1. The molecule has 0 radical (unpaired) electrons. The summed E-state index contributed by atoms with van der Waals surface area (Å²) < 4.78 is 0. The third-order valence-corrected chi connectivity index (χ3v) is 4.67. The van der Waals surface area contributed by atoms with Gasteiger partial charge in [-0.1, -0.05) is 17.7 Å². The second kappa shape index (κ2) is 8.80. The van der Waals surface area contributed by atoms with Crippen LogP contribution in [0.2, 0.25) is 5.02 Å². The Balaban J connectivity index is 1.71. The summed E-state index contributed by atoms with van der Waals surface area (Å²) in [5.41, 5.74) is 4.02. The van der Waals surface area contributed by atoms with Crippen LogP contribution >= 0.6 is 11.6 Å². The highest BCUT2D eigenvalue weighted by Gasteiger charge is 2.14. The minimum Gasteiger partial charge on any atom is -0.344 e. The molecule has 0 aliphatic heterocycles. The minimum atomic E-state index is -0.319. The fourth-order valence-corrected chi connectivity index (χ4v) is 3.23. The van der Waals surface area contributed by atoms with Gasteiger partial charge in [0, 0.05) is 32.2 Å². The third kappa shape index (κ3) is 4.84. The predicted molar refractivity (Wildman–Crippen MR) is 112 cm³/mol. The van der Waals surface area contributed by atoms with Gasteiger partial charge in [-0.15, -0.1) is 0 Å². The average molecular weight is 396 g/mol. The number of pyridine rings is 1. The molecule has 1 N–H and O–H groups in total. The zero-order valence-corrected chi connectivity index (χ0v) is 16.9. The number of nitrogens with zero attached hydrogens (tertiary/aromatic N) is 4. The molecule has 3 rings (SSSR count). The zero-order chi connectivity index (χ0) is 20.1. The van der Waals surface area contributed by atoms with E-state index in [2.05, 4.69) is 20.3 Å². The number of nitrogens with one attached hydrogen (secondary N) is 1. The maximum atomic E-state index is 12.7. The lowest BCUT2D eigenvalue weighted by Crippen LogP contribution is -2.24. The maximum absolute atomic E-state index is 12.7. The number of carbonyl (C=O) groups excluding carboxylic acids is 1. The van der Waals surface area contributed by atoms with Crippen LogP contribution in [-0.4, -0.2) is 34.5 Å². The van der Waals surface area contributed by atoms with Gasteiger partial charge >= 0.3 is 0 Å². The van der Waals surface area contributed by atoms with E-state index in [1.165, 1.54) is 5.56 Å². The first-order valence-corrected chi connectivity index (χ1v) is 9.33. The Morgan fingerprint density at radius 3 is 2.61 bits per heavy atom. The van der Waals surface area contributed by atoms with Gasteiger partial charge in [-0.3, -0.25) is 9.78 Å². The molecule has 0 saturated carbocycles. The number of benzene rings is 1. The van der Waals surface area contributed by atoms with E-state index >= 15 is 0 Å². The number of amides is 1. The third-order valence-electron chi connectivity index (χ3n) is 4.37. The molecule has 3 aromatic rings. The summed E-state index contributed by atoms with van der Waals surface area (Å²) in [7, 11) is 1.90. The molecule has 0 atom stereocenters. The predicted octanol–water partition coefficient (Wildman–Crippen LogP) is 4.07. The molecule has 0 saturated heterocycles. The van der Waals surface area contributed by atoms with Crippen LogP contribution in [0.15, 0.2) is 48.9 Å². The molecular weight excluding hydrogens is 374 g/mol. The van der Waals surface area contributed by atoms with Crippen molar-refractivity contribution < 1.29 is 4.79 Å². The standard InChI is InChI=1S/C21H22ClN5O/c1-14-12-15(2)19(17(22)13-14)26-20(28)18-6-10-24-21(25-18)27(3)11-7-16-4-8-23-9-5-16/h4-6,8-10,12-13H,7,11H2,1-3H3,(H,26,28). The molecule has 144 valence electrons. The van der Waals surface area contributed by atoms with E-state index in [0.717, 1.165) is 24.1 Å². The summed E-state index contributed by atoms with van der Waals surface area (Å²) in [6, 6.07) is 9.34. The first-order chi connectivity index (χ1) is 13.4. The van der Waals surface area contributed by atoms with Gasteiger partial charge in [-0.05, 0) is 61.2 Å². The van der Waals surface area contributed by atoms with Crippen molar-refractivity contribution in [2.24, 2.45) is 0 Å². The highest BCUT2D eigenvalue weighted by Crippen LogP contribution is 2.27. The Kier molecular flexibility index (Phi) is 6.21. The summed E-state index contributed by atoms with van der Waals surface area (Å²) in [6.07, 6.45) is 5.96. The lowest BCUT2D eigenvalue weighted by Gasteiger charge is -2.17. The maximum Gasteiger partial charge on any atom is 0.274 e. The number of aromatic nitrogens is 3. The van der Waals surface area contributed by atoms with Crippen molar-refractivity contribution in [1.29, 1.82) is 0 Å². The van der Waals surface area contributed by atoms with Crippen LogP contribution in [0.25, 0.3) is 0 Å². The Hall–Kier alpha value is -2.99. The Morgan fingerprint density at radius 2 is 1.89 bits per heavy atom. The SMILES string of the molecule is Cc1cc(C)c(NC(=O)c2ccnc(N(C)CCc3ccncc3)n2)c(Cl)c1. The summed E-state index contributed by atoms with van der Waals surface area (Å²) in [5, 5.41) is 3.37. The van der Waals surface area contributed by atoms with Crippen LogP contribution in [0, 0.1) is 13.8 Å². The monoisotopic (exact) mass is 395 g/mol. The number of halogens is 1. The number of hydrogen-bond donors (Lipinski definition) is 1. The molecule has 0 spiro atoms. The van der Waals surface area contributed by atoms with Crippen molar-refractivity contribution in [3.05, 3.63) is 76.3 Å². The second-order valence-corrected chi connectivity index (χ2v) is 7.07. The van der Waals surface area contributed by atoms with Gasteiger partial charge in [0.1, 0.15) is 5.69 Å². The van der Waals surface area contributed by atoms with Crippen molar-refractivity contribution >= 4 is 29.1 Å². The van der Waals surface area contributed by atoms with E-state index in [1.807, 2.05) is 50.1 Å². The van der Waals surface area contributed by atoms with E-state index in [1.54, 1.807) is 24.7 Å². The number of anilines is 2. The first kappa shape index (κ1) is 19.8. The molecule has 0 fully saturated rings. The largest absolute Gasteiger partial charge is 0.344 e. The number of rotatable bonds is 6. The lowest BCUT2D eigenvalue weighted by atomic mass is 10.1. The Labute approximate surface area is 169 Å². The molecule has 28 heavy (non-hydrogen) atoms. The molecular formula is C21H22ClN5O. The van der Waals surface area contributed by atoms with E-state index in [0.29, 0.717) is 16.7 Å². The first-order valence-electron chi connectivity index (χ1n) is 8.95. The van der Waals surface area contributed by atoms with Gasteiger partial charge in [-0.25, -0.2) is 9.97 Å². The number of aryl methyl sites for hydroxylation is 2. The number of hydrogen-bond acceptors (Lipinski definition) is 5. The highest BCUT2D eigenvalue weighted by molar-refractivity contribution is 6.34. The quantitative estimate of drug-likeness (QED) is 0.681. The molecule has 2 aromatic heterocycles. The van der Waals surface area contributed by atoms with E-state index in [4.69, 9.17) is 11.6 Å². The normalized spacial score (nSPS) is 10.6. The van der Waals surface area contributed by atoms with Gasteiger partial charge in [0.2, 0.25) is 5.95 Å². The van der Waals surface area contributed by atoms with Gasteiger partial charge in [0.05, 0.1) is 10.7 Å². The molecule has 1 aromatic carbocycles. The minimum absolute atomic E-state index is 0.289. The average Bonchev–Trinajstić information content (AvgIpc) is 2.69. The van der Waals surface area contributed by atoms with Crippen LogP contribution in [0.5, 0.6) is 0 Å². The van der Waals surface area contributed by atoms with Crippen LogP contribution < -0.4 is 10.2 Å². The highest BCUT2D eigenvalue weighted by atomic mass is 35.5. The van der Waals surface area contributed by atoms with Gasteiger partial charge < -0.3 is 10.2 Å². The van der Waals surface area contributed by atoms with Gasteiger partial charge in [-0.2, -0.15) is 0 Å². The van der Waals surface area contributed by atoms with Gasteiger partial charge in [0.15, 0.2) is 0 Å². The molecule has 1 amide bonds. The molecule has 0 bridgehead atoms. The number of carbonyl (C=O) groups is 1. The van der Waals surface area contributed by atoms with Crippen molar-refractivity contribution in [3.63, 3.8) is 0 Å². The van der Waals surface area contributed by atoms with Crippen LogP contribution in [0.3, 0.4) is 0 Å². The van der Waals surface area contributed by atoms with Gasteiger partial charge in [0.25, 0.3) is 5.91 Å². The fraction of sp³-hybridized carbons (Fsp3) is 0.238. The van der Waals surface area contributed by atoms with E-state index in [-0.39, 0.29) is 11.6 Å². The molecule has 6 nitrogen and oxygen atoms in total. The Bertz CT molecular complexity index is 955. The summed E-state index contributed by atoms with van der Waals surface area (Å²) in [6.45, 7) is 4.59.